The van der Waals surface area contributed by atoms with Crippen LogP contribution in [-0.4, -0.2) is 44.5 Å². The van der Waals surface area contributed by atoms with Crippen molar-refractivity contribution >= 4 is 28.6 Å². The number of nitrogens with zero attached hydrogens (tertiary/aromatic N) is 5. The zero-order valence-electron chi connectivity index (χ0n) is 18.1. The maximum atomic E-state index is 13.3. The molecular weight excluding hydrogens is 411 g/mol. The number of alkyl halides is 1. The summed E-state index contributed by atoms with van der Waals surface area (Å²) in [4.78, 5) is 26.0. The highest BCUT2D eigenvalue weighted by Gasteiger charge is 2.43. The fourth-order valence-electron chi connectivity index (χ4n) is 4.00. The van der Waals surface area contributed by atoms with Crippen LogP contribution in [0.1, 0.15) is 24.7 Å². The maximum Gasteiger partial charge on any atom is 0.184 e. The highest BCUT2D eigenvalue weighted by molar-refractivity contribution is 5.96. The van der Waals surface area contributed by atoms with E-state index in [0.717, 1.165) is 28.3 Å². The van der Waals surface area contributed by atoms with Crippen LogP contribution in [0.25, 0.3) is 11.4 Å². The summed E-state index contributed by atoms with van der Waals surface area (Å²) >= 11 is 0. The molecule has 1 saturated carbocycles. The standard InChI is InChI=1S/C23H23FN6O2/c1-12-7-18-21(26-12)19(8-13(27-18)9-20(31)15-10-16(15)24)28-17-6-4-5-14(22(17)32-3)23-25-11-30(2)29-23/h4-6,8,11,15-16H,7,9-10H2,1-3H3,(H,27,28)/t15?,16-/m0/s1. The second kappa shape index (κ2) is 7.81. The van der Waals surface area contributed by atoms with Crippen molar-refractivity contribution in [2.75, 3.05) is 12.4 Å². The monoisotopic (exact) mass is 434 g/mol. The third-order valence-electron chi connectivity index (χ3n) is 5.65. The number of ether oxygens (including phenoxy) is 1. The van der Waals surface area contributed by atoms with Crippen LogP contribution in [0.4, 0.5) is 21.5 Å². The molecule has 1 fully saturated rings. The van der Waals surface area contributed by atoms with Crippen LogP contribution in [0.2, 0.25) is 0 Å². The Kier molecular flexibility index (Phi) is 4.96. The van der Waals surface area contributed by atoms with E-state index in [2.05, 4.69) is 25.4 Å². The summed E-state index contributed by atoms with van der Waals surface area (Å²) in [5.74, 6) is 0.562. The number of Topliss-reactive ketones (excluding diaryl/α,β-unsaturated/α-hetero) is 1. The Morgan fingerprint density at radius 1 is 1.34 bits per heavy atom. The van der Waals surface area contributed by atoms with E-state index < -0.39 is 12.1 Å². The Bertz CT molecular complexity index is 1250. The molecule has 1 aromatic carbocycles. The first-order valence-corrected chi connectivity index (χ1v) is 10.5. The van der Waals surface area contributed by atoms with Gasteiger partial charge in [0.1, 0.15) is 24.0 Å². The Morgan fingerprint density at radius 3 is 2.84 bits per heavy atom. The van der Waals surface area contributed by atoms with Crippen LogP contribution in [0.15, 0.2) is 35.6 Å². The lowest BCUT2D eigenvalue weighted by Gasteiger charge is -2.16. The van der Waals surface area contributed by atoms with Gasteiger partial charge in [-0.05, 0) is 31.5 Å². The number of aromatic nitrogens is 4. The van der Waals surface area contributed by atoms with Crippen LogP contribution in [0, 0.1) is 5.92 Å². The lowest BCUT2D eigenvalue weighted by molar-refractivity contribution is -0.120. The number of rotatable bonds is 7. The van der Waals surface area contributed by atoms with E-state index in [-0.39, 0.29) is 12.2 Å². The van der Waals surface area contributed by atoms with E-state index in [9.17, 15) is 9.18 Å². The van der Waals surface area contributed by atoms with E-state index in [1.807, 2.05) is 31.2 Å². The number of nitrogens with one attached hydrogen (secondary N) is 1. The fourth-order valence-corrected chi connectivity index (χ4v) is 4.00. The van der Waals surface area contributed by atoms with Crippen molar-refractivity contribution in [1.29, 1.82) is 0 Å². The molecule has 9 heteroatoms. The molecule has 2 aromatic heterocycles. The van der Waals surface area contributed by atoms with Crippen molar-refractivity contribution in [3.63, 3.8) is 0 Å². The minimum Gasteiger partial charge on any atom is -0.494 e. The van der Waals surface area contributed by atoms with Gasteiger partial charge in [0.15, 0.2) is 11.6 Å². The molecule has 3 aromatic rings. The average Bonchev–Trinajstić information content (AvgIpc) is 3.14. The third kappa shape index (κ3) is 3.74. The van der Waals surface area contributed by atoms with Crippen molar-refractivity contribution in [2.45, 2.75) is 32.4 Å². The first-order chi connectivity index (χ1) is 15.4. The number of aliphatic imine (C=N–C) groups is 1. The Labute approximate surface area is 184 Å². The minimum absolute atomic E-state index is 0.104. The molecule has 5 rings (SSSR count). The quantitative estimate of drug-likeness (QED) is 0.609. The van der Waals surface area contributed by atoms with E-state index in [4.69, 9.17) is 4.74 Å². The lowest BCUT2D eigenvalue weighted by atomic mass is 10.1. The van der Waals surface area contributed by atoms with Gasteiger partial charge in [-0.2, -0.15) is 5.10 Å². The number of aryl methyl sites for hydroxylation is 1. The largest absolute Gasteiger partial charge is 0.494 e. The first kappa shape index (κ1) is 20.3. The molecule has 2 aliphatic rings. The van der Waals surface area contributed by atoms with Gasteiger partial charge >= 0.3 is 0 Å². The second-order valence-corrected chi connectivity index (χ2v) is 8.23. The van der Waals surface area contributed by atoms with E-state index in [1.165, 1.54) is 0 Å². The zero-order valence-corrected chi connectivity index (χ0v) is 18.1. The number of hydrogen-bond acceptors (Lipinski definition) is 7. The first-order valence-electron chi connectivity index (χ1n) is 10.5. The normalized spacial score (nSPS) is 18.8. The molecule has 2 atom stereocenters. The van der Waals surface area contributed by atoms with Gasteiger partial charge in [-0.25, -0.2) is 9.37 Å². The van der Waals surface area contributed by atoms with E-state index in [1.54, 1.807) is 25.2 Å². The molecule has 0 spiro atoms. The van der Waals surface area contributed by atoms with E-state index in [0.29, 0.717) is 35.8 Å². The summed E-state index contributed by atoms with van der Waals surface area (Å²) in [7, 11) is 3.40. The number of ketones is 1. The highest BCUT2D eigenvalue weighted by atomic mass is 19.1. The van der Waals surface area contributed by atoms with Crippen LogP contribution in [-0.2, 0) is 24.7 Å². The second-order valence-electron chi connectivity index (χ2n) is 8.23. The molecule has 8 nitrogen and oxygen atoms in total. The van der Waals surface area contributed by atoms with Crippen molar-refractivity contribution in [3.05, 3.63) is 42.0 Å². The van der Waals surface area contributed by atoms with Crippen LogP contribution >= 0.6 is 0 Å². The van der Waals surface area contributed by atoms with Crippen LogP contribution in [0.3, 0.4) is 0 Å². The molecule has 0 radical (unpaired) electrons. The number of carbonyl (C=O) groups is 1. The molecule has 0 amide bonds. The van der Waals surface area contributed by atoms with Crippen molar-refractivity contribution in [3.8, 4) is 17.1 Å². The summed E-state index contributed by atoms with van der Waals surface area (Å²) < 4.78 is 20.7. The molecule has 1 aliphatic carbocycles. The smallest absolute Gasteiger partial charge is 0.184 e. The fraction of sp³-hybridized carbons (Fsp3) is 0.348. The Morgan fingerprint density at radius 2 is 2.16 bits per heavy atom. The molecule has 1 aliphatic heterocycles. The van der Waals surface area contributed by atoms with Gasteiger partial charge in [-0.1, -0.05) is 6.07 Å². The number of hydrogen-bond donors (Lipinski definition) is 1. The predicted octanol–water partition coefficient (Wildman–Crippen LogP) is 3.75. The average molecular weight is 434 g/mol. The summed E-state index contributed by atoms with van der Waals surface area (Å²) in [5.41, 5.74) is 5.31. The molecule has 1 N–H and O–H groups in total. The Hall–Kier alpha value is -3.62. The number of benzene rings is 1. The molecule has 3 heterocycles. The highest BCUT2D eigenvalue weighted by Crippen LogP contribution is 2.41. The topological polar surface area (TPSA) is 94.3 Å². The SMILES string of the molecule is COc1c(Nc2cc(CC(=O)C3C[C@@H]3F)nc3c2N=C(C)C3)cccc1-c1ncn(C)n1. The third-order valence-corrected chi connectivity index (χ3v) is 5.65. The lowest BCUT2D eigenvalue weighted by Crippen LogP contribution is -2.10. The molecule has 0 bridgehead atoms. The van der Waals surface area contributed by atoms with Crippen LogP contribution < -0.4 is 10.1 Å². The van der Waals surface area contributed by atoms with Gasteiger partial charge in [-0.3, -0.25) is 19.5 Å². The number of halogens is 1. The summed E-state index contributed by atoms with van der Waals surface area (Å²) in [6, 6.07) is 7.50. The van der Waals surface area contributed by atoms with Crippen molar-refractivity contribution < 1.29 is 13.9 Å². The molecular formula is C23H23FN6O2. The van der Waals surface area contributed by atoms with Gasteiger partial charge in [0, 0.05) is 25.6 Å². The van der Waals surface area contributed by atoms with Crippen LogP contribution in [0.5, 0.6) is 5.75 Å². The van der Waals surface area contributed by atoms with E-state index >= 15 is 0 Å². The number of fused-ring (bicyclic) bond motifs is 1. The summed E-state index contributed by atoms with van der Waals surface area (Å²) in [5, 5.41) is 7.79. The van der Waals surface area contributed by atoms with Crippen molar-refractivity contribution in [1.82, 2.24) is 19.7 Å². The number of carbonyl (C=O) groups excluding carboxylic acids is 1. The molecule has 164 valence electrons. The van der Waals surface area contributed by atoms with Gasteiger partial charge < -0.3 is 10.1 Å². The van der Waals surface area contributed by atoms with Crippen molar-refractivity contribution in [2.24, 2.45) is 18.0 Å². The number of para-hydroxylation sites is 1. The molecule has 32 heavy (non-hydrogen) atoms. The predicted molar refractivity (Wildman–Crippen MR) is 119 cm³/mol. The number of methoxy groups -OCH3 is 1. The van der Waals surface area contributed by atoms with Gasteiger partial charge in [0.25, 0.3) is 0 Å². The minimum atomic E-state index is -1.01. The number of anilines is 2. The number of pyridine rings is 1. The maximum absolute atomic E-state index is 13.3. The summed E-state index contributed by atoms with van der Waals surface area (Å²) in [6.45, 7) is 1.95. The molecule has 0 saturated heterocycles. The summed E-state index contributed by atoms with van der Waals surface area (Å²) in [6.07, 6.45) is 1.68. The molecule has 1 unspecified atom stereocenters. The Balaban J connectivity index is 1.51. The van der Waals surface area contributed by atoms with Gasteiger partial charge in [0.05, 0.1) is 41.4 Å². The van der Waals surface area contributed by atoms with Gasteiger partial charge in [0.2, 0.25) is 0 Å². The zero-order chi connectivity index (χ0) is 22.4. The van der Waals surface area contributed by atoms with Gasteiger partial charge in [-0.15, -0.1) is 0 Å².